The normalized spacial score (nSPS) is 8.77. The number of carboxylic acid groups (broad SMARTS) is 1. The average molecular weight is 312 g/mol. The maximum absolute atomic E-state index is 10.8. The third-order valence-corrected chi connectivity index (χ3v) is 2.39. The Bertz CT molecular complexity index is 607. The SMILES string of the molecule is COC(=O)c1ccc(O)cc1.O=C([O-])c1ccc(O)cc1.[Na+]. The van der Waals surface area contributed by atoms with Gasteiger partial charge in [-0.05, 0) is 54.1 Å². The predicted molar refractivity (Wildman–Crippen MR) is 71.9 cm³/mol. The van der Waals surface area contributed by atoms with Gasteiger partial charge in [-0.3, -0.25) is 0 Å². The van der Waals surface area contributed by atoms with Gasteiger partial charge in [0.2, 0.25) is 0 Å². The second kappa shape index (κ2) is 9.83. The fraction of sp³-hybridized carbons (Fsp3) is 0.0667. The number of carboxylic acids is 1. The van der Waals surface area contributed by atoms with Crippen molar-refractivity contribution in [3.05, 3.63) is 59.7 Å². The molecule has 7 heteroatoms. The zero-order valence-electron chi connectivity index (χ0n) is 12.1. The standard InChI is InChI=1S/C8H8O3.C7H6O3.Na/c1-11-8(10)6-2-4-7(9)5-3-6;8-6-3-1-5(2-4-6)7(9)10;/h2-5,9H,1H3;1-4,8H,(H,9,10);/q;;+1/p-1. The fourth-order valence-electron chi connectivity index (χ4n) is 1.31. The molecular weight excluding hydrogens is 299 g/mol. The number of aromatic carboxylic acids is 1. The number of phenols is 2. The summed E-state index contributed by atoms with van der Waals surface area (Å²) in [5.41, 5.74) is 0.503. The molecule has 0 aliphatic heterocycles. The van der Waals surface area contributed by atoms with E-state index in [9.17, 15) is 14.7 Å². The number of phenolic OH excluding ortho intramolecular Hbond substituents is 2. The molecule has 0 aliphatic carbocycles. The van der Waals surface area contributed by atoms with E-state index in [1.54, 1.807) is 0 Å². The molecule has 110 valence electrons. The van der Waals surface area contributed by atoms with Crippen molar-refractivity contribution in [1.82, 2.24) is 0 Å². The van der Waals surface area contributed by atoms with Crippen LogP contribution >= 0.6 is 0 Å². The number of benzene rings is 2. The Hall–Kier alpha value is -2.02. The van der Waals surface area contributed by atoms with Crippen LogP contribution < -0.4 is 34.7 Å². The second-order valence-corrected chi connectivity index (χ2v) is 3.87. The summed E-state index contributed by atoms with van der Waals surface area (Å²) in [6.45, 7) is 0. The van der Waals surface area contributed by atoms with E-state index in [1.807, 2.05) is 0 Å². The third kappa shape index (κ3) is 6.62. The number of esters is 1. The molecule has 0 heterocycles. The number of hydrogen-bond donors (Lipinski definition) is 2. The molecule has 0 aliphatic rings. The molecule has 0 atom stereocenters. The summed E-state index contributed by atoms with van der Waals surface area (Å²) in [5, 5.41) is 27.7. The van der Waals surface area contributed by atoms with E-state index in [0.29, 0.717) is 5.56 Å². The van der Waals surface area contributed by atoms with E-state index in [4.69, 9.17) is 10.2 Å². The van der Waals surface area contributed by atoms with Crippen molar-refractivity contribution in [2.24, 2.45) is 0 Å². The Morgan fingerprint density at radius 1 is 0.864 bits per heavy atom. The molecule has 2 aromatic rings. The number of carbonyl (C=O) groups is 2. The first-order valence-electron chi connectivity index (χ1n) is 5.81. The van der Waals surface area contributed by atoms with Crippen LogP contribution in [0, 0.1) is 0 Å². The molecule has 22 heavy (non-hydrogen) atoms. The Kier molecular flexibility index (Phi) is 8.93. The molecule has 0 amide bonds. The fourth-order valence-corrected chi connectivity index (χ4v) is 1.31. The number of rotatable bonds is 2. The van der Waals surface area contributed by atoms with Crippen LogP contribution in [0.25, 0.3) is 0 Å². The van der Waals surface area contributed by atoms with Crippen LogP contribution in [0.5, 0.6) is 11.5 Å². The molecule has 2 rings (SSSR count). The molecule has 0 radical (unpaired) electrons. The quantitative estimate of drug-likeness (QED) is 0.488. The Morgan fingerprint density at radius 2 is 1.23 bits per heavy atom. The van der Waals surface area contributed by atoms with E-state index in [-0.39, 0.29) is 46.6 Å². The first-order chi connectivity index (χ1) is 9.93. The van der Waals surface area contributed by atoms with Crippen molar-refractivity contribution in [1.29, 1.82) is 0 Å². The van der Waals surface area contributed by atoms with Crippen molar-refractivity contribution >= 4 is 11.9 Å². The molecule has 0 unspecified atom stereocenters. The van der Waals surface area contributed by atoms with Gasteiger partial charge in [0.1, 0.15) is 11.5 Å². The minimum absolute atomic E-state index is 0. The first kappa shape index (κ1) is 20.0. The van der Waals surface area contributed by atoms with Crippen LogP contribution in [-0.2, 0) is 4.74 Å². The van der Waals surface area contributed by atoms with Crippen molar-refractivity contribution in [3.63, 3.8) is 0 Å². The van der Waals surface area contributed by atoms with E-state index in [1.165, 1.54) is 55.6 Å². The Morgan fingerprint density at radius 3 is 1.55 bits per heavy atom. The van der Waals surface area contributed by atoms with Crippen LogP contribution in [-0.4, -0.2) is 29.3 Å². The van der Waals surface area contributed by atoms with Crippen molar-refractivity contribution < 1.29 is 59.2 Å². The van der Waals surface area contributed by atoms with Gasteiger partial charge in [-0.1, -0.05) is 0 Å². The van der Waals surface area contributed by atoms with Gasteiger partial charge in [0.15, 0.2) is 0 Å². The minimum atomic E-state index is -1.24. The predicted octanol–water partition coefficient (Wildman–Crippen LogP) is -2.06. The summed E-state index contributed by atoms with van der Waals surface area (Å²) in [6.07, 6.45) is 0. The summed E-state index contributed by atoms with van der Waals surface area (Å²) in [6, 6.07) is 11.0. The second-order valence-electron chi connectivity index (χ2n) is 3.87. The minimum Gasteiger partial charge on any atom is -0.545 e. The monoisotopic (exact) mass is 312 g/mol. The summed E-state index contributed by atoms with van der Waals surface area (Å²) in [7, 11) is 1.31. The third-order valence-electron chi connectivity index (χ3n) is 2.39. The molecule has 2 aromatic carbocycles. The van der Waals surface area contributed by atoms with Crippen LogP contribution in [0.15, 0.2) is 48.5 Å². The summed E-state index contributed by atoms with van der Waals surface area (Å²) in [5.74, 6) is -1.45. The van der Waals surface area contributed by atoms with Gasteiger partial charge in [0.25, 0.3) is 0 Å². The van der Waals surface area contributed by atoms with E-state index in [0.717, 1.165) is 0 Å². The summed E-state index contributed by atoms with van der Waals surface area (Å²) >= 11 is 0. The largest absolute Gasteiger partial charge is 1.00 e. The molecule has 2 N–H and O–H groups in total. The molecule has 0 saturated heterocycles. The van der Waals surface area contributed by atoms with Gasteiger partial charge in [-0.25, -0.2) is 4.79 Å². The maximum atomic E-state index is 10.8. The van der Waals surface area contributed by atoms with E-state index in [2.05, 4.69) is 4.74 Å². The number of hydrogen-bond acceptors (Lipinski definition) is 6. The van der Waals surface area contributed by atoms with E-state index >= 15 is 0 Å². The van der Waals surface area contributed by atoms with E-state index < -0.39 is 11.9 Å². The molecule has 0 fully saturated rings. The van der Waals surface area contributed by atoms with Gasteiger partial charge in [0, 0.05) is 0 Å². The van der Waals surface area contributed by atoms with Crippen LogP contribution in [0.4, 0.5) is 0 Å². The van der Waals surface area contributed by atoms with Gasteiger partial charge >= 0.3 is 35.5 Å². The summed E-state index contributed by atoms with van der Waals surface area (Å²) in [4.78, 5) is 20.9. The van der Waals surface area contributed by atoms with Gasteiger partial charge in [-0.2, -0.15) is 0 Å². The van der Waals surface area contributed by atoms with Crippen molar-refractivity contribution in [2.75, 3.05) is 7.11 Å². The topological polar surface area (TPSA) is 107 Å². The molecule has 0 bridgehead atoms. The molecule has 0 spiro atoms. The van der Waals surface area contributed by atoms with Crippen LogP contribution in [0.1, 0.15) is 20.7 Å². The molecule has 0 aromatic heterocycles. The number of carbonyl (C=O) groups excluding carboxylic acids is 2. The zero-order chi connectivity index (χ0) is 15.8. The Labute approximate surface area is 149 Å². The van der Waals surface area contributed by atoms with Crippen molar-refractivity contribution in [2.45, 2.75) is 0 Å². The molecule has 0 saturated carbocycles. The molecule has 6 nitrogen and oxygen atoms in total. The van der Waals surface area contributed by atoms with Gasteiger partial charge in [-0.15, -0.1) is 0 Å². The molecular formula is C15H13NaO6. The van der Waals surface area contributed by atoms with Crippen molar-refractivity contribution in [3.8, 4) is 11.5 Å². The maximum Gasteiger partial charge on any atom is 1.00 e. The van der Waals surface area contributed by atoms with Gasteiger partial charge < -0.3 is 24.9 Å². The number of methoxy groups -OCH3 is 1. The average Bonchev–Trinajstić information content (AvgIpc) is 2.48. The zero-order valence-corrected chi connectivity index (χ0v) is 14.1. The summed E-state index contributed by atoms with van der Waals surface area (Å²) < 4.78 is 4.46. The number of aromatic hydroxyl groups is 2. The number of ether oxygens (including phenoxy) is 1. The smallest absolute Gasteiger partial charge is 0.545 e. The van der Waals surface area contributed by atoms with Gasteiger partial charge in [0.05, 0.1) is 18.6 Å². The van der Waals surface area contributed by atoms with Crippen LogP contribution in [0.2, 0.25) is 0 Å². The van der Waals surface area contributed by atoms with Crippen LogP contribution in [0.3, 0.4) is 0 Å². The first-order valence-corrected chi connectivity index (χ1v) is 5.81. The Balaban J connectivity index is 0.000000385.